The van der Waals surface area contributed by atoms with Gasteiger partial charge in [0.1, 0.15) is 0 Å². The highest BCUT2D eigenvalue weighted by Crippen LogP contribution is 2.54. The summed E-state index contributed by atoms with van der Waals surface area (Å²) in [4.78, 5) is 12.1. The summed E-state index contributed by atoms with van der Waals surface area (Å²) in [6.45, 7) is 3.93. The number of hydrogen-bond donors (Lipinski definition) is 1. The Labute approximate surface area is 101 Å². The number of nitrogens with one attached hydrogen (secondary N) is 1. The van der Waals surface area contributed by atoms with E-state index in [0.29, 0.717) is 0 Å². The molecule has 2 saturated carbocycles. The Morgan fingerprint density at radius 3 is 2.47 bits per heavy atom. The first kappa shape index (κ1) is 10.8. The molecule has 0 aliphatic heterocycles. The molecule has 2 atom stereocenters. The molecule has 1 aromatic rings. The Balaban J connectivity index is 1.71. The third kappa shape index (κ3) is 1.75. The third-order valence-electron chi connectivity index (χ3n) is 4.37. The topological polar surface area (TPSA) is 46.9 Å². The maximum absolute atomic E-state index is 12.1. The second-order valence-electron chi connectivity index (χ2n) is 5.58. The highest BCUT2D eigenvalue weighted by atomic mass is 16.1. The van der Waals surface area contributed by atoms with Crippen molar-refractivity contribution in [1.82, 2.24) is 9.78 Å². The standard InChI is InChI=1S/C13H19N3O/c1-7-12(8(2)16(3)15-7)14-13(17)11-5-9-4-10(9)6-11/h9-11H,4-6H2,1-3H3,(H,14,17). The summed E-state index contributed by atoms with van der Waals surface area (Å²) in [5.74, 6) is 2.12. The van der Waals surface area contributed by atoms with Crippen LogP contribution in [-0.2, 0) is 11.8 Å². The lowest BCUT2D eigenvalue weighted by Gasteiger charge is -2.12. The number of hydrogen-bond acceptors (Lipinski definition) is 2. The molecule has 2 fully saturated rings. The number of amides is 1. The maximum Gasteiger partial charge on any atom is 0.227 e. The van der Waals surface area contributed by atoms with Gasteiger partial charge in [-0.1, -0.05) is 0 Å². The normalized spacial score (nSPS) is 30.2. The van der Waals surface area contributed by atoms with E-state index in [-0.39, 0.29) is 11.8 Å². The monoisotopic (exact) mass is 233 g/mol. The minimum Gasteiger partial charge on any atom is -0.323 e. The number of carbonyl (C=O) groups is 1. The smallest absolute Gasteiger partial charge is 0.227 e. The largest absolute Gasteiger partial charge is 0.323 e. The van der Waals surface area contributed by atoms with Gasteiger partial charge in [0.05, 0.1) is 17.1 Å². The van der Waals surface area contributed by atoms with Gasteiger partial charge in [0, 0.05) is 13.0 Å². The fraction of sp³-hybridized carbons (Fsp3) is 0.692. The number of aromatic nitrogens is 2. The van der Waals surface area contributed by atoms with Crippen molar-refractivity contribution in [3.05, 3.63) is 11.4 Å². The molecule has 2 aliphatic rings. The minimum absolute atomic E-state index is 0.191. The van der Waals surface area contributed by atoms with Gasteiger partial charge in [0.15, 0.2) is 0 Å². The van der Waals surface area contributed by atoms with Gasteiger partial charge in [-0.25, -0.2) is 0 Å². The molecule has 1 amide bonds. The molecule has 0 bridgehead atoms. The highest BCUT2D eigenvalue weighted by molar-refractivity contribution is 5.93. The SMILES string of the molecule is Cc1nn(C)c(C)c1NC(=O)C1CC2CC2C1. The minimum atomic E-state index is 0.191. The summed E-state index contributed by atoms with van der Waals surface area (Å²) in [5, 5.41) is 7.38. The molecule has 2 unspecified atom stereocenters. The Morgan fingerprint density at radius 1 is 1.29 bits per heavy atom. The van der Waals surface area contributed by atoms with Gasteiger partial charge in [-0.3, -0.25) is 9.48 Å². The van der Waals surface area contributed by atoms with Crippen LogP contribution in [0, 0.1) is 31.6 Å². The lowest BCUT2D eigenvalue weighted by atomic mass is 10.0. The Kier molecular flexibility index (Phi) is 2.28. The fourth-order valence-electron chi connectivity index (χ4n) is 3.11. The van der Waals surface area contributed by atoms with Crippen molar-refractivity contribution in [1.29, 1.82) is 0 Å². The van der Waals surface area contributed by atoms with Crippen LogP contribution < -0.4 is 5.32 Å². The zero-order valence-corrected chi connectivity index (χ0v) is 10.7. The molecule has 3 rings (SSSR count). The number of carbonyl (C=O) groups excluding carboxylic acids is 1. The predicted molar refractivity (Wildman–Crippen MR) is 65.6 cm³/mol. The van der Waals surface area contributed by atoms with Crippen molar-refractivity contribution in [3.63, 3.8) is 0 Å². The Morgan fingerprint density at radius 2 is 1.94 bits per heavy atom. The maximum atomic E-state index is 12.1. The van der Waals surface area contributed by atoms with Crippen LogP contribution in [-0.4, -0.2) is 15.7 Å². The zero-order valence-electron chi connectivity index (χ0n) is 10.7. The van der Waals surface area contributed by atoms with E-state index in [0.717, 1.165) is 41.8 Å². The zero-order chi connectivity index (χ0) is 12.2. The summed E-state index contributed by atoms with van der Waals surface area (Å²) < 4.78 is 1.82. The van der Waals surface area contributed by atoms with Gasteiger partial charge in [0.2, 0.25) is 5.91 Å². The highest BCUT2D eigenvalue weighted by Gasteiger charge is 2.48. The van der Waals surface area contributed by atoms with Crippen molar-refractivity contribution >= 4 is 11.6 Å². The third-order valence-corrected chi connectivity index (χ3v) is 4.37. The molecule has 0 saturated heterocycles. The van der Waals surface area contributed by atoms with Crippen LogP contribution >= 0.6 is 0 Å². The first-order valence-electron chi connectivity index (χ1n) is 6.37. The van der Waals surface area contributed by atoms with Crippen LogP contribution in [0.3, 0.4) is 0 Å². The molecule has 0 radical (unpaired) electrons. The molecule has 0 spiro atoms. The lowest BCUT2D eigenvalue weighted by Crippen LogP contribution is -2.22. The van der Waals surface area contributed by atoms with E-state index < -0.39 is 0 Å². The molecule has 2 aliphatic carbocycles. The molecule has 92 valence electrons. The lowest BCUT2D eigenvalue weighted by molar-refractivity contribution is -0.120. The fourth-order valence-corrected chi connectivity index (χ4v) is 3.11. The molecule has 17 heavy (non-hydrogen) atoms. The quantitative estimate of drug-likeness (QED) is 0.849. The average molecular weight is 233 g/mol. The Hall–Kier alpha value is -1.32. The van der Waals surface area contributed by atoms with Crippen molar-refractivity contribution in [2.45, 2.75) is 33.1 Å². The molecular weight excluding hydrogens is 214 g/mol. The first-order valence-corrected chi connectivity index (χ1v) is 6.37. The summed E-state index contributed by atoms with van der Waals surface area (Å²) in [7, 11) is 1.91. The number of rotatable bonds is 2. The molecule has 0 aromatic carbocycles. The van der Waals surface area contributed by atoms with Crippen LogP contribution in [0.2, 0.25) is 0 Å². The van der Waals surface area contributed by atoms with Gasteiger partial charge in [0.25, 0.3) is 0 Å². The van der Waals surface area contributed by atoms with Crippen molar-refractivity contribution in [2.75, 3.05) is 5.32 Å². The molecule has 1 heterocycles. The van der Waals surface area contributed by atoms with Gasteiger partial charge in [-0.05, 0) is 44.9 Å². The average Bonchev–Trinajstić information content (AvgIpc) is 2.83. The first-order chi connectivity index (χ1) is 8.06. The predicted octanol–water partition coefficient (Wildman–Crippen LogP) is 2.02. The van der Waals surface area contributed by atoms with Crippen LogP contribution in [0.4, 0.5) is 5.69 Å². The van der Waals surface area contributed by atoms with Gasteiger partial charge in [-0.2, -0.15) is 5.10 Å². The number of aryl methyl sites for hydroxylation is 2. The molecule has 4 heteroatoms. The molecule has 4 nitrogen and oxygen atoms in total. The van der Waals surface area contributed by atoms with E-state index in [1.54, 1.807) is 0 Å². The van der Waals surface area contributed by atoms with Crippen LogP contribution in [0.5, 0.6) is 0 Å². The van der Waals surface area contributed by atoms with Gasteiger partial charge in [-0.15, -0.1) is 0 Å². The molecular formula is C13H19N3O. The van der Waals surface area contributed by atoms with Gasteiger partial charge < -0.3 is 5.32 Å². The van der Waals surface area contributed by atoms with Crippen molar-refractivity contribution in [3.8, 4) is 0 Å². The summed E-state index contributed by atoms with van der Waals surface area (Å²) >= 11 is 0. The van der Waals surface area contributed by atoms with Crippen molar-refractivity contribution < 1.29 is 4.79 Å². The van der Waals surface area contributed by atoms with Gasteiger partial charge >= 0.3 is 0 Å². The number of nitrogens with zero attached hydrogens (tertiary/aromatic N) is 2. The second-order valence-corrected chi connectivity index (χ2v) is 5.58. The van der Waals surface area contributed by atoms with Crippen LogP contribution in [0.15, 0.2) is 0 Å². The van der Waals surface area contributed by atoms with E-state index in [2.05, 4.69) is 10.4 Å². The number of fused-ring (bicyclic) bond motifs is 1. The molecule has 1 aromatic heterocycles. The van der Waals surface area contributed by atoms with E-state index in [4.69, 9.17) is 0 Å². The van der Waals surface area contributed by atoms with Crippen molar-refractivity contribution in [2.24, 2.45) is 24.8 Å². The number of anilines is 1. The van der Waals surface area contributed by atoms with Crippen LogP contribution in [0.25, 0.3) is 0 Å². The Bertz CT molecular complexity index is 467. The van der Waals surface area contributed by atoms with E-state index >= 15 is 0 Å². The van der Waals surface area contributed by atoms with E-state index in [1.807, 2.05) is 25.6 Å². The van der Waals surface area contributed by atoms with E-state index in [1.165, 1.54) is 6.42 Å². The summed E-state index contributed by atoms with van der Waals surface area (Å²) in [6.07, 6.45) is 3.54. The summed E-state index contributed by atoms with van der Waals surface area (Å²) in [5.41, 5.74) is 2.83. The van der Waals surface area contributed by atoms with Crippen LogP contribution in [0.1, 0.15) is 30.7 Å². The molecule has 1 N–H and O–H groups in total. The van der Waals surface area contributed by atoms with E-state index in [9.17, 15) is 4.79 Å². The summed E-state index contributed by atoms with van der Waals surface area (Å²) in [6, 6.07) is 0. The second kappa shape index (κ2) is 3.59.